The Bertz CT molecular complexity index is 3040. The molecule has 0 aliphatic rings. The van der Waals surface area contributed by atoms with E-state index in [4.69, 9.17) is 25.9 Å². The minimum Gasteiger partial charge on any atom is -0.455 e. The molecule has 0 bridgehead atoms. The van der Waals surface area contributed by atoms with Crippen molar-refractivity contribution >= 4 is 27.6 Å². The maximum Gasteiger partial charge on any atom is 0.187 e. The van der Waals surface area contributed by atoms with Gasteiger partial charge in [-0.2, -0.15) is 0 Å². The molecule has 266 valence electrons. The van der Waals surface area contributed by atoms with Gasteiger partial charge in [0.05, 0.1) is 6.57 Å². The van der Waals surface area contributed by atoms with Crippen molar-refractivity contribution in [2.24, 2.45) is 0 Å². The van der Waals surface area contributed by atoms with Crippen molar-refractivity contribution in [2.45, 2.75) is 0 Å². The molecule has 0 unspecified atom stereocenters. The van der Waals surface area contributed by atoms with Crippen LogP contribution in [0.15, 0.2) is 199 Å². The number of nitrogens with zero attached hydrogens (tertiary/aromatic N) is 4. The lowest BCUT2D eigenvalue weighted by molar-refractivity contribution is 0.671. The summed E-state index contributed by atoms with van der Waals surface area (Å²) in [6, 6.07) is 65.9. The zero-order valence-electron chi connectivity index (χ0n) is 30.7. The molecule has 57 heavy (non-hydrogen) atoms. The Morgan fingerprint density at radius 2 is 0.825 bits per heavy atom. The van der Waals surface area contributed by atoms with Gasteiger partial charge >= 0.3 is 0 Å². The van der Waals surface area contributed by atoms with Gasteiger partial charge in [0.2, 0.25) is 0 Å². The quantitative estimate of drug-likeness (QED) is 0.153. The van der Waals surface area contributed by atoms with E-state index in [9.17, 15) is 0 Å². The van der Waals surface area contributed by atoms with Crippen LogP contribution in [0.2, 0.25) is 0 Å². The minimum absolute atomic E-state index is 0.580. The average molecular weight is 729 g/mol. The summed E-state index contributed by atoms with van der Waals surface area (Å²) in [5.41, 5.74) is 13.1. The second kappa shape index (κ2) is 14.4. The third kappa shape index (κ3) is 6.32. The van der Waals surface area contributed by atoms with Crippen LogP contribution < -0.4 is 0 Å². The predicted octanol–water partition coefficient (Wildman–Crippen LogP) is 14.0. The molecule has 5 heteroatoms. The average Bonchev–Trinajstić information content (AvgIpc) is 3.69. The van der Waals surface area contributed by atoms with E-state index in [2.05, 4.69) is 102 Å². The molecule has 0 aliphatic heterocycles. The summed E-state index contributed by atoms with van der Waals surface area (Å²) in [6.45, 7) is 7.71. The number of fused-ring (bicyclic) bond motifs is 3. The molecule has 0 saturated carbocycles. The van der Waals surface area contributed by atoms with Gasteiger partial charge in [-0.25, -0.2) is 19.8 Å². The largest absolute Gasteiger partial charge is 0.455 e. The highest BCUT2D eigenvalue weighted by molar-refractivity contribution is 6.19. The van der Waals surface area contributed by atoms with Crippen molar-refractivity contribution in [3.63, 3.8) is 0 Å². The molecule has 5 nitrogen and oxygen atoms in total. The molecule has 10 rings (SSSR count). The first-order valence-corrected chi connectivity index (χ1v) is 18.8. The van der Waals surface area contributed by atoms with Crippen LogP contribution in [0.1, 0.15) is 0 Å². The normalized spacial score (nSPS) is 11.1. The Balaban J connectivity index is 1.19. The van der Waals surface area contributed by atoms with Crippen molar-refractivity contribution in [2.75, 3.05) is 0 Å². The highest BCUT2D eigenvalue weighted by Crippen LogP contribution is 2.46. The Hall–Kier alpha value is -7.94. The molecule has 0 fully saturated rings. The Morgan fingerprint density at radius 1 is 0.351 bits per heavy atom. The zero-order chi connectivity index (χ0) is 38.1. The van der Waals surface area contributed by atoms with Crippen LogP contribution in [-0.4, -0.2) is 15.0 Å². The lowest BCUT2D eigenvalue weighted by atomic mass is 9.91. The number of hydrogen-bond donors (Lipinski definition) is 0. The van der Waals surface area contributed by atoms with Gasteiger partial charge in [0.1, 0.15) is 11.2 Å². The summed E-state index contributed by atoms with van der Waals surface area (Å²) in [4.78, 5) is 18.5. The fraction of sp³-hybridized carbons (Fsp3) is 0. The molecule has 2 heterocycles. The molecule has 0 atom stereocenters. The second-order valence-electron chi connectivity index (χ2n) is 13.9. The smallest absolute Gasteiger partial charge is 0.187 e. The van der Waals surface area contributed by atoms with Crippen LogP contribution in [-0.2, 0) is 0 Å². The number of aromatic nitrogens is 3. The van der Waals surface area contributed by atoms with E-state index in [1.165, 1.54) is 0 Å². The van der Waals surface area contributed by atoms with Gasteiger partial charge in [-0.05, 0) is 51.6 Å². The molecule has 0 saturated heterocycles. The first kappa shape index (κ1) is 33.6. The first-order chi connectivity index (χ1) is 28.2. The van der Waals surface area contributed by atoms with Crippen LogP contribution in [0.4, 0.5) is 5.69 Å². The monoisotopic (exact) mass is 728 g/mol. The highest BCUT2D eigenvalue weighted by Gasteiger charge is 2.22. The molecule has 0 radical (unpaired) electrons. The van der Waals surface area contributed by atoms with Crippen molar-refractivity contribution in [3.05, 3.63) is 206 Å². The fourth-order valence-corrected chi connectivity index (χ4v) is 7.56. The molecule has 0 N–H and O–H groups in total. The van der Waals surface area contributed by atoms with E-state index in [1.807, 2.05) is 97.1 Å². The summed E-state index contributed by atoms with van der Waals surface area (Å²) in [6.07, 6.45) is 0. The number of benzene rings is 8. The topological polar surface area (TPSA) is 56.2 Å². The molecule has 0 spiro atoms. The lowest BCUT2D eigenvalue weighted by Gasteiger charge is -2.11. The van der Waals surface area contributed by atoms with Gasteiger partial charge in [0.25, 0.3) is 0 Å². The van der Waals surface area contributed by atoms with Gasteiger partial charge in [0.15, 0.2) is 23.2 Å². The summed E-state index contributed by atoms with van der Waals surface area (Å²) >= 11 is 0. The highest BCUT2D eigenvalue weighted by atomic mass is 16.3. The van der Waals surface area contributed by atoms with Crippen LogP contribution >= 0.6 is 0 Å². The molecule has 0 amide bonds. The van der Waals surface area contributed by atoms with Gasteiger partial charge in [-0.3, -0.25) is 0 Å². The standard InChI is InChI=1S/C52H32N4O/c1-53-42-24-14-23-40(31-42)44-30-29-43(47-46-33-41(34-15-6-2-7-16-34)32-45(48(46)57-49(44)47)35-17-8-3-9-18-35)36-25-27-39(28-26-36)52-55-50(37-19-10-4-11-20-37)54-51(56-52)38-21-12-5-13-22-38/h2-33H. The molecule has 0 aliphatic carbocycles. The second-order valence-corrected chi connectivity index (χ2v) is 13.9. The lowest BCUT2D eigenvalue weighted by Crippen LogP contribution is -2.00. The van der Waals surface area contributed by atoms with Crippen molar-refractivity contribution in [1.29, 1.82) is 0 Å². The molecule has 2 aromatic heterocycles. The van der Waals surface area contributed by atoms with Gasteiger partial charge < -0.3 is 4.42 Å². The Labute approximate surface area is 330 Å². The van der Waals surface area contributed by atoms with Crippen LogP contribution in [0, 0.1) is 6.57 Å². The van der Waals surface area contributed by atoms with E-state index in [0.29, 0.717) is 23.2 Å². The summed E-state index contributed by atoms with van der Waals surface area (Å²) in [5.74, 6) is 1.84. The van der Waals surface area contributed by atoms with Gasteiger partial charge in [-0.1, -0.05) is 176 Å². The fourth-order valence-electron chi connectivity index (χ4n) is 7.56. The van der Waals surface area contributed by atoms with Gasteiger partial charge in [0, 0.05) is 38.6 Å². The number of rotatable bonds is 7. The maximum atomic E-state index is 7.71. The van der Waals surface area contributed by atoms with Crippen molar-refractivity contribution < 1.29 is 4.42 Å². The van der Waals surface area contributed by atoms with Crippen LogP contribution in [0.25, 0.3) is 105 Å². The zero-order valence-corrected chi connectivity index (χ0v) is 30.7. The van der Waals surface area contributed by atoms with E-state index < -0.39 is 0 Å². The maximum absolute atomic E-state index is 7.71. The number of furan rings is 1. The number of hydrogen-bond acceptors (Lipinski definition) is 4. The Kier molecular flexibility index (Phi) is 8.48. The van der Waals surface area contributed by atoms with E-state index in [1.54, 1.807) is 0 Å². The molecular formula is C52H32N4O. The molecule has 8 aromatic carbocycles. The minimum atomic E-state index is 0.580. The summed E-state index contributed by atoms with van der Waals surface area (Å²) in [7, 11) is 0. The summed E-state index contributed by atoms with van der Waals surface area (Å²) in [5, 5.41) is 2.03. The van der Waals surface area contributed by atoms with Crippen molar-refractivity contribution in [3.8, 4) is 78.7 Å². The van der Waals surface area contributed by atoms with E-state index in [-0.39, 0.29) is 0 Å². The molecule has 10 aromatic rings. The van der Waals surface area contributed by atoms with Crippen LogP contribution in [0.3, 0.4) is 0 Å². The van der Waals surface area contributed by atoms with Crippen molar-refractivity contribution in [1.82, 2.24) is 15.0 Å². The third-order valence-electron chi connectivity index (χ3n) is 10.4. The van der Waals surface area contributed by atoms with Gasteiger partial charge in [-0.15, -0.1) is 0 Å². The van der Waals surface area contributed by atoms with E-state index in [0.717, 1.165) is 83.1 Å². The van der Waals surface area contributed by atoms with Crippen LogP contribution in [0.5, 0.6) is 0 Å². The van der Waals surface area contributed by atoms with E-state index >= 15 is 0 Å². The molecular weight excluding hydrogens is 697 g/mol. The third-order valence-corrected chi connectivity index (χ3v) is 10.4. The first-order valence-electron chi connectivity index (χ1n) is 18.8. The summed E-state index contributed by atoms with van der Waals surface area (Å²) < 4.78 is 7.05. The SMILES string of the molecule is [C-]#[N+]c1cccc(-c2ccc(-c3ccc(-c4nc(-c5ccccc5)nc(-c5ccccc5)n4)cc3)c3c2oc2c(-c4ccccc4)cc(-c4ccccc4)cc23)c1. The Morgan fingerprint density at radius 3 is 1.40 bits per heavy atom. The predicted molar refractivity (Wildman–Crippen MR) is 231 cm³/mol.